The molecule has 0 heterocycles. The van der Waals surface area contributed by atoms with Crippen molar-refractivity contribution in [1.29, 1.82) is 0 Å². The van der Waals surface area contributed by atoms with Gasteiger partial charge in [-0.05, 0) is 36.1 Å². The lowest BCUT2D eigenvalue weighted by Crippen LogP contribution is -2.45. The van der Waals surface area contributed by atoms with Gasteiger partial charge in [-0.25, -0.2) is 4.39 Å². The zero-order chi connectivity index (χ0) is 19.1. The molecule has 6 heteroatoms. The Morgan fingerprint density at radius 1 is 1.07 bits per heavy atom. The third-order valence-corrected chi connectivity index (χ3v) is 4.86. The number of nitrogens with one attached hydrogen (secondary N) is 3. The normalized spacial score (nSPS) is 15.1. The zero-order valence-electron chi connectivity index (χ0n) is 15.5. The summed E-state index contributed by atoms with van der Waals surface area (Å²) in [7, 11) is 1.67. The molecule has 0 unspecified atom stereocenters. The number of carbonyl (C=O) groups is 1. The summed E-state index contributed by atoms with van der Waals surface area (Å²) >= 11 is 0. The van der Waals surface area contributed by atoms with E-state index in [1.54, 1.807) is 19.2 Å². The number of halogens is 1. The van der Waals surface area contributed by atoms with E-state index in [0.29, 0.717) is 19.0 Å². The molecule has 0 spiro atoms. The number of benzene rings is 2. The van der Waals surface area contributed by atoms with Gasteiger partial charge in [0.1, 0.15) is 5.82 Å². The summed E-state index contributed by atoms with van der Waals surface area (Å²) in [5.74, 6) is 0.247. The van der Waals surface area contributed by atoms with E-state index in [4.69, 9.17) is 0 Å². The maximum Gasteiger partial charge on any atom is 0.239 e. The smallest absolute Gasteiger partial charge is 0.239 e. The van der Waals surface area contributed by atoms with Crippen molar-refractivity contribution in [2.24, 2.45) is 4.99 Å². The number of amides is 1. The van der Waals surface area contributed by atoms with Crippen LogP contribution < -0.4 is 16.0 Å². The van der Waals surface area contributed by atoms with E-state index in [9.17, 15) is 9.18 Å². The molecule has 0 saturated heterocycles. The summed E-state index contributed by atoms with van der Waals surface area (Å²) < 4.78 is 13.5. The van der Waals surface area contributed by atoms with Crippen molar-refractivity contribution in [3.05, 3.63) is 71.5 Å². The summed E-state index contributed by atoms with van der Waals surface area (Å²) in [4.78, 5) is 16.2. The van der Waals surface area contributed by atoms with Crippen molar-refractivity contribution in [2.75, 3.05) is 20.1 Å². The van der Waals surface area contributed by atoms with Gasteiger partial charge >= 0.3 is 0 Å². The molecule has 1 fully saturated rings. The Hall–Kier alpha value is -2.89. The minimum atomic E-state index is -0.212. The SMILES string of the molecule is CN=C(NCC(=O)NCc1ccccc1)NCC1(c2cccc(F)c2)CC1. The molecule has 3 rings (SSSR count). The first kappa shape index (κ1) is 18.9. The summed E-state index contributed by atoms with van der Waals surface area (Å²) in [6.45, 7) is 1.29. The van der Waals surface area contributed by atoms with Crippen LogP contribution in [0.2, 0.25) is 0 Å². The molecular weight excluding hydrogens is 343 g/mol. The first-order valence-corrected chi connectivity index (χ1v) is 9.12. The van der Waals surface area contributed by atoms with E-state index in [1.165, 1.54) is 6.07 Å². The standard InChI is InChI=1S/C21H25FN4O/c1-23-20(25-14-19(27)24-13-16-6-3-2-4-7-16)26-15-21(10-11-21)17-8-5-9-18(22)12-17/h2-9,12H,10-11,13-15H2,1H3,(H,24,27)(H2,23,25,26). The van der Waals surface area contributed by atoms with Gasteiger partial charge in [0.05, 0.1) is 6.54 Å². The van der Waals surface area contributed by atoms with Crippen LogP contribution in [0, 0.1) is 5.82 Å². The minimum absolute atomic E-state index is 0.0463. The summed E-state index contributed by atoms with van der Waals surface area (Å²) in [6.07, 6.45) is 2.02. The summed E-state index contributed by atoms with van der Waals surface area (Å²) in [6, 6.07) is 16.5. The lowest BCUT2D eigenvalue weighted by Gasteiger charge is -2.19. The van der Waals surface area contributed by atoms with Crippen molar-refractivity contribution >= 4 is 11.9 Å². The molecule has 0 radical (unpaired) electrons. The second-order valence-corrected chi connectivity index (χ2v) is 6.83. The van der Waals surface area contributed by atoms with Crippen molar-refractivity contribution in [1.82, 2.24) is 16.0 Å². The van der Waals surface area contributed by atoms with Crippen LogP contribution in [0.15, 0.2) is 59.6 Å². The highest BCUT2D eigenvalue weighted by Gasteiger charge is 2.44. The van der Waals surface area contributed by atoms with E-state index in [0.717, 1.165) is 24.0 Å². The number of hydrogen-bond acceptors (Lipinski definition) is 2. The maximum absolute atomic E-state index is 13.5. The van der Waals surface area contributed by atoms with Crippen molar-refractivity contribution in [2.45, 2.75) is 24.8 Å². The van der Waals surface area contributed by atoms with Crippen LogP contribution in [0.1, 0.15) is 24.0 Å². The van der Waals surface area contributed by atoms with Gasteiger partial charge in [0.15, 0.2) is 5.96 Å². The quantitative estimate of drug-likeness (QED) is 0.519. The third-order valence-electron chi connectivity index (χ3n) is 4.86. The van der Waals surface area contributed by atoms with Gasteiger partial charge in [-0.15, -0.1) is 0 Å². The molecule has 0 aromatic heterocycles. The van der Waals surface area contributed by atoms with Gasteiger partial charge in [0, 0.05) is 25.6 Å². The number of nitrogens with zero attached hydrogens (tertiary/aromatic N) is 1. The average molecular weight is 368 g/mol. The number of hydrogen-bond donors (Lipinski definition) is 3. The molecule has 0 bridgehead atoms. The van der Waals surface area contributed by atoms with Crippen LogP contribution in [0.5, 0.6) is 0 Å². The molecule has 3 N–H and O–H groups in total. The highest BCUT2D eigenvalue weighted by atomic mass is 19.1. The fraction of sp³-hybridized carbons (Fsp3) is 0.333. The van der Waals surface area contributed by atoms with Crippen molar-refractivity contribution in [3.63, 3.8) is 0 Å². The molecule has 1 aliphatic carbocycles. The van der Waals surface area contributed by atoms with E-state index in [2.05, 4.69) is 20.9 Å². The molecule has 1 saturated carbocycles. The van der Waals surface area contributed by atoms with Crippen LogP contribution in [0.25, 0.3) is 0 Å². The van der Waals surface area contributed by atoms with Crippen LogP contribution in [0.3, 0.4) is 0 Å². The van der Waals surface area contributed by atoms with Crippen LogP contribution >= 0.6 is 0 Å². The third kappa shape index (κ3) is 5.29. The van der Waals surface area contributed by atoms with Gasteiger partial charge in [-0.2, -0.15) is 0 Å². The van der Waals surface area contributed by atoms with Gasteiger partial charge in [-0.1, -0.05) is 42.5 Å². The van der Waals surface area contributed by atoms with E-state index < -0.39 is 0 Å². The van der Waals surface area contributed by atoms with Crippen molar-refractivity contribution in [3.8, 4) is 0 Å². The van der Waals surface area contributed by atoms with Crippen LogP contribution in [0.4, 0.5) is 4.39 Å². The molecule has 0 aliphatic heterocycles. The maximum atomic E-state index is 13.5. The Labute approximate surface area is 159 Å². The second-order valence-electron chi connectivity index (χ2n) is 6.83. The molecule has 2 aromatic rings. The summed E-state index contributed by atoms with van der Waals surface area (Å²) in [5.41, 5.74) is 2.01. The highest BCUT2D eigenvalue weighted by molar-refractivity contribution is 5.86. The number of carbonyl (C=O) groups excluding carboxylic acids is 1. The van der Waals surface area contributed by atoms with Gasteiger partial charge in [0.25, 0.3) is 0 Å². The summed E-state index contributed by atoms with van der Waals surface area (Å²) in [5, 5.41) is 9.15. The van der Waals surface area contributed by atoms with Gasteiger partial charge in [0.2, 0.25) is 5.91 Å². The van der Waals surface area contributed by atoms with Gasteiger partial charge in [-0.3, -0.25) is 9.79 Å². The van der Waals surface area contributed by atoms with E-state index >= 15 is 0 Å². The second kappa shape index (κ2) is 8.66. The molecule has 1 aliphatic rings. The minimum Gasteiger partial charge on any atom is -0.356 e. The molecular formula is C21H25FN4O. The topological polar surface area (TPSA) is 65.5 Å². The highest BCUT2D eigenvalue weighted by Crippen LogP contribution is 2.47. The average Bonchev–Trinajstić information content (AvgIpc) is 3.48. The monoisotopic (exact) mass is 368 g/mol. The van der Waals surface area contributed by atoms with Crippen molar-refractivity contribution < 1.29 is 9.18 Å². The first-order chi connectivity index (χ1) is 13.1. The Kier molecular flexibility index (Phi) is 6.06. The van der Waals surface area contributed by atoms with Crippen LogP contribution in [-0.2, 0) is 16.8 Å². The fourth-order valence-corrected chi connectivity index (χ4v) is 3.03. The molecule has 1 amide bonds. The number of guanidine groups is 1. The number of aliphatic imine (C=N–C) groups is 1. The molecule has 27 heavy (non-hydrogen) atoms. The Morgan fingerprint density at radius 2 is 1.85 bits per heavy atom. The van der Waals surface area contributed by atoms with Gasteiger partial charge < -0.3 is 16.0 Å². The Balaban J connectivity index is 1.44. The Morgan fingerprint density at radius 3 is 2.52 bits per heavy atom. The zero-order valence-corrected chi connectivity index (χ0v) is 15.5. The molecule has 2 aromatic carbocycles. The van der Waals surface area contributed by atoms with E-state index in [1.807, 2.05) is 36.4 Å². The Bertz CT molecular complexity index is 803. The lowest BCUT2D eigenvalue weighted by atomic mass is 9.96. The fourth-order valence-electron chi connectivity index (χ4n) is 3.03. The number of rotatable bonds is 7. The predicted octanol–water partition coefficient (Wildman–Crippen LogP) is 2.34. The largest absolute Gasteiger partial charge is 0.356 e. The van der Waals surface area contributed by atoms with Crippen LogP contribution in [-0.4, -0.2) is 32.0 Å². The van der Waals surface area contributed by atoms with E-state index in [-0.39, 0.29) is 23.7 Å². The first-order valence-electron chi connectivity index (χ1n) is 9.12. The molecule has 5 nitrogen and oxygen atoms in total. The predicted molar refractivity (Wildman–Crippen MR) is 105 cm³/mol. The molecule has 0 atom stereocenters. The molecule has 142 valence electrons. The lowest BCUT2D eigenvalue weighted by molar-refractivity contribution is -0.120.